The molecule has 1 aromatic rings. The minimum atomic E-state index is 0.0768. The molecular weight excluding hydrogens is 288 g/mol. The molecule has 100 valence electrons. The maximum atomic E-state index is 5.95. The molecule has 0 aliphatic carbocycles. The average molecular weight is 311 g/mol. The first-order valence-corrected chi connectivity index (χ1v) is 7.61. The largest absolute Gasteiger partial charge is 0.368 e. The van der Waals surface area contributed by atoms with Crippen molar-refractivity contribution in [3.05, 3.63) is 28.2 Å². The van der Waals surface area contributed by atoms with Gasteiger partial charge in [-0.2, -0.15) is 0 Å². The summed E-state index contributed by atoms with van der Waals surface area (Å²) < 4.78 is 1.13. The maximum Gasteiger partial charge on any atom is 0.0380 e. The highest BCUT2D eigenvalue weighted by atomic mass is 79.9. The van der Waals surface area contributed by atoms with Gasteiger partial charge < -0.3 is 10.6 Å². The van der Waals surface area contributed by atoms with Gasteiger partial charge in [0.2, 0.25) is 0 Å². The zero-order valence-electron chi connectivity index (χ0n) is 11.5. The van der Waals surface area contributed by atoms with Crippen molar-refractivity contribution in [3.63, 3.8) is 0 Å². The molecule has 2 atom stereocenters. The summed E-state index contributed by atoms with van der Waals surface area (Å²) >= 11 is 3.65. The van der Waals surface area contributed by atoms with Crippen molar-refractivity contribution in [3.8, 4) is 0 Å². The summed E-state index contributed by atoms with van der Waals surface area (Å²) in [6.07, 6.45) is 2.61. The summed E-state index contributed by atoms with van der Waals surface area (Å²) in [4.78, 5) is 2.54. The predicted molar refractivity (Wildman–Crippen MR) is 82.0 cm³/mol. The van der Waals surface area contributed by atoms with E-state index in [0.717, 1.165) is 4.47 Å². The summed E-state index contributed by atoms with van der Waals surface area (Å²) in [5.74, 6) is 0.708. The maximum absolute atomic E-state index is 5.95. The minimum Gasteiger partial charge on any atom is -0.368 e. The van der Waals surface area contributed by atoms with Crippen LogP contribution in [-0.2, 0) is 0 Å². The molecule has 0 aromatic heterocycles. The number of hydrogen-bond donors (Lipinski definition) is 1. The van der Waals surface area contributed by atoms with Gasteiger partial charge in [-0.15, -0.1) is 0 Å². The van der Waals surface area contributed by atoms with Crippen LogP contribution in [-0.4, -0.2) is 12.6 Å². The van der Waals surface area contributed by atoms with Crippen molar-refractivity contribution in [2.24, 2.45) is 11.7 Å². The van der Waals surface area contributed by atoms with E-state index in [0.29, 0.717) is 12.0 Å². The molecule has 1 aliphatic heterocycles. The van der Waals surface area contributed by atoms with Gasteiger partial charge in [0.1, 0.15) is 0 Å². The van der Waals surface area contributed by atoms with Gasteiger partial charge in [-0.05, 0) is 43.4 Å². The molecule has 0 bridgehead atoms. The van der Waals surface area contributed by atoms with Gasteiger partial charge in [0.05, 0.1) is 0 Å². The van der Waals surface area contributed by atoms with Gasteiger partial charge in [0.15, 0.2) is 0 Å². The normalized spacial score (nSPS) is 21.7. The van der Waals surface area contributed by atoms with Crippen LogP contribution in [0.1, 0.15) is 45.2 Å². The Morgan fingerprint density at radius 3 is 2.61 bits per heavy atom. The molecule has 2 N–H and O–H groups in total. The Balaban J connectivity index is 2.26. The minimum absolute atomic E-state index is 0.0768. The molecule has 0 spiro atoms. The number of rotatable bonds is 3. The van der Waals surface area contributed by atoms with Crippen molar-refractivity contribution >= 4 is 21.6 Å². The van der Waals surface area contributed by atoms with Gasteiger partial charge in [0, 0.05) is 28.8 Å². The van der Waals surface area contributed by atoms with Gasteiger partial charge in [-0.1, -0.05) is 35.8 Å². The molecular formula is C15H23BrN2. The molecule has 0 radical (unpaired) electrons. The van der Waals surface area contributed by atoms with E-state index in [4.69, 9.17) is 5.73 Å². The molecule has 1 heterocycles. The highest BCUT2D eigenvalue weighted by molar-refractivity contribution is 9.10. The number of halogens is 1. The van der Waals surface area contributed by atoms with Crippen LogP contribution >= 0.6 is 15.9 Å². The quantitative estimate of drug-likeness (QED) is 0.911. The Labute approximate surface area is 119 Å². The topological polar surface area (TPSA) is 29.3 Å². The fraction of sp³-hybridized carbons (Fsp3) is 0.600. The highest BCUT2D eigenvalue weighted by Gasteiger charge is 2.27. The van der Waals surface area contributed by atoms with Crippen LogP contribution in [0.3, 0.4) is 0 Å². The predicted octanol–water partition coefficient (Wildman–Crippen LogP) is 4.09. The van der Waals surface area contributed by atoms with Crippen molar-refractivity contribution < 1.29 is 0 Å². The lowest BCUT2D eigenvalue weighted by atomic mass is 10.0. The van der Waals surface area contributed by atoms with Gasteiger partial charge in [-0.25, -0.2) is 0 Å². The Morgan fingerprint density at radius 1 is 1.33 bits per heavy atom. The Kier molecular flexibility index (Phi) is 4.33. The zero-order chi connectivity index (χ0) is 13.3. The molecule has 1 fully saturated rings. The zero-order valence-corrected chi connectivity index (χ0v) is 13.1. The molecule has 3 heteroatoms. The fourth-order valence-corrected chi connectivity index (χ4v) is 3.60. The van der Waals surface area contributed by atoms with Crippen LogP contribution in [0.25, 0.3) is 0 Å². The van der Waals surface area contributed by atoms with E-state index in [1.54, 1.807) is 0 Å². The SMILES string of the molecule is CC(C)C1CCCN1c1ccc([C@@H](C)N)c(Br)c1. The van der Waals surface area contributed by atoms with E-state index in [2.05, 4.69) is 52.9 Å². The monoisotopic (exact) mass is 310 g/mol. The van der Waals surface area contributed by atoms with Gasteiger partial charge in [0.25, 0.3) is 0 Å². The van der Waals surface area contributed by atoms with Crippen LogP contribution in [0.2, 0.25) is 0 Å². The van der Waals surface area contributed by atoms with Crippen molar-refractivity contribution in [1.82, 2.24) is 0 Å². The lowest BCUT2D eigenvalue weighted by Crippen LogP contribution is -2.33. The number of anilines is 1. The lowest BCUT2D eigenvalue weighted by molar-refractivity contribution is 0.492. The van der Waals surface area contributed by atoms with Crippen LogP contribution in [0.5, 0.6) is 0 Å². The summed E-state index contributed by atoms with van der Waals surface area (Å²) in [6, 6.07) is 7.34. The molecule has 18 heavy (non-hydrogen) atoms. The second-order valence-corrected chi connectivity index (χ2v) is 6.50. The molecule has 2 rings (SSSR count). The first-order chi connectivity index (χ1) is 8.50. The second-order valence-electron chi connectivity index (χ2n) is 5.64. The summed E-state index contributed by atoms with van der Waals surface area (Å²) in [5.41, 5.74) is 8.45. The molecule has 0 amide bonds. The van der Waals surface area contributed by atoms with E-state index >= 15 is 0 Å². The van der Waals surface area contributed by atoms with E-state index in [9.17, 15) is 0 Å². The molecule has 1 aromatic carbocycles. The lowest BCUT2D eigenvalue weighted by Gasteiger charge is -2.30. The Morgan fingerprint density at radius 2 is 2.06 bits per heavy atom. The van der Waals surface area contributed by atoms with E-state index < -0.39 is 0 Å². The van der Waals surface area contributed by atoms with Crippen LogP contribution in [0.4, 0.5) is 5.69 Å². The van der Waals surface area contributed by atoms with E-state index in [1.165, 1.54) is 30.6 Å². The standard InChI is InChI=1S/C15H23BrN2/c1-10(2)15-5-4-8-18(15)12-6-7-13(11(3)17)14(16)9-12/h6-7,9-11,15H,4-5,8,17H2,1-3H3/t11-,15?/m1/s1. The number of benzene rings is 1. The number of nitrogens with two attached hydrogens (primary N) is 1. The van der Waals surface area contributed by atoms with Gasteiger partial charge in [-0.3, -0.25) is 0 Å². The van der Waals surface area contributed by atoms with Crippen molar-refractivity contribution in [2.45, 2.75) is 45.7 Å². The van der Waals surface area contributed by atoms with Crippen LogP contribution < -0.4 is 10.6 Å². The third-order valence-corrected chi connectivity index (χ3v) is 4.56. The first-order valence-electron chi connectivity index (χ1n) is 6.82. The van der Waals surface area contributed by atoms with Gasteiger partial charge >= 0.3 is 0 Å². The molecule has 1 aliphatic rings. The van der Waals surface area contributed by atoms with Crippen LogP contribution in [0, 0.1) is 5.92 Å². The molecule has 0 saturated carbocycles. The van der Waals surface area contributed by atoms with Crippen molar-refractivity contribution in [1.29, 1.82) is 0 Å². The molecule has 2 nitrogen and oxygen atoms in total. The van der Waals surface area contributed by atoms with Crippen LogP contribution in [0.15, 0.2) is 22.7 Å². The average Bonchev–Trinajstić information content (AvgIpc) is 2.77. The molecule has 1 saturated heterocycles. The Hall–Kier alpha value is -0.540. The first kappa shape index (κ1) is 13.9. The fourth-order valence-electron chi connectivity index (χ4n) is 2.87. The third kappa shape index (κ3) is 2.72. The molecule has 1 unspecified atom stereocenters. The van der Waals surface area contributed by atoms with E-state index in [1.807, 2.05) is 6.92 Å². The number of hydrogen-bond acceptors (Lipinski definition) is 2. The highest BCUT2D eigenvalue weighted by Crippen LogP contribution is 2.33. The van der Waals surface area contributed by atoms with E-state index in [-0.39, 0.29) is 6.04 Å². The Bertz CT molecular complexity index is 415. The van der Waals surface area contributed by atoms with Crippen molar-refractivity contribution in [2.75, 3.05) is 11.4 Å². The summed E-state index contributed by atoms with van der Waals surface area (Å²) in [7, 11) is 0. The smallest absolute Gasteiger partial charge is 0.0380 e. The summed E-state index contributed by atoms with van der Waals surface area (Å²) in [5, 5.41) is 0. The summed E-state index contributed by atoms with van der Waals surface area (Å²) in [6.45, 7) is 7.82. The number of nitrogens with zero attached hydrogens (tertiary/aromatic N) is 1. The second kappa shape index (κ2) is 5.62. The third-order valence-electron chi connectivity index (χ3n) is 3.88.